The molecule has 0 heterocycles. The van der Waals surface area contributed by atoms with Gasteiger partial charge in [0, 0.05) is 29.8 Å². The van der Waals surface area contributed by atoms with Crippen LogP contribution in [-0.4, -0.2) is 38.5 Å². The summed E-state index contributed by atoms with van der Waals surface area (Å²) in [6, 6.07) is 11.6. The predicted octanol–water partition coefficient (Wildman–Crippen LogP) is 3.10. The number of ketones is 1. The van der Waals surface area contributed by atoms with Crippen molar-refractivity contribution in [2.24, 2.45) is 0 Å². The molecule has 7 nitrogen and oxygen atoms in total. The molecule has 0 saturated carbocycles. The van der Waals surface area contributed by atoms with E-state index < -0.39 is 12.6 Å². The van der Waals surface area contributed by atoms with Crippen LogP contribution in [0.5, 0.6) is 11.5 Å². The van der Waals surface area contributed by atoms with E-state index in [-0.39, 0.29) is 11.7 Å². The van der Waals surface area contributed by atoms with Crippen molar-refractivity contribution in [3.05, 3.63) is 59.7 Å². The number of anilines is 1. The second-order valence-corrected chi connectivity index (χ2v) is 5.71. The van der Waals surface area contributed by atoms with Gasteiger partial charge in [-0.2, -0.15) is 0 Å². The van der Waals surface area contributed by atoms with Gasteiger partial charge in [0.15, 0.2) is 23.9 Å². The fourth-order valence-electron chi connectivity index (χ4n) is 2.41. The number of ether oxygens (including phenoxy) is 3. The summed E-state index contributed by atoms with van der Waals surface area (Å²) in [5.41, 5.74) is 1.59. The molecule has 146 valence electrons. The van der Waals surface area contributed by atoms with E-state index in [1.165, 1.54) is 33.3 Å². The zero-order valence-electron chi connectivity index (χ0n) is 15.9. The maximum atomic E-state index is 12.1. The average Bonchev–Trinajstić information content (AvgIpc) is 2.70. The van der Waals surface area contributed by atoms with E-state index in [0.717, 1.165) is 0 Å². The van der Waals surface area contributed by atoms with Gasteiger partial charge in [-0.1, -0.05) is 12.1 Å². The average molecular weight is 383 g/mol. The molecule has 0 aliphatic carbocycles. The van der Waals surface area contributed by atoms with E-state index in [1.807, 2.05) is 0 Å². The minimum Gasteiger partial charge on any atom is -0.493 e. The van der Waals surface area contributed by atoms with Crippen LogP contribution in [0.1, 0.15) is 22.8 Å². The Labute approximate surface area is 162 Å². The molecule has 0 aliphatic heterocycles. The van der Waals surface area contributed by atoms with Crippen molar-refractivity contribution in [1.82, 2.24) is 0 Å². The Kier molecular flexibility index (Phi) is 7.33. The third-order valence-electron chi connectivity index (χ3n) is 3.71. The highest BCUT2D eigenvalue weighted by atomic mass is 16.5. The Morgan fingerprint density at radius 3 is 2.32 bits per heavy atom. The van der Waals surface area contributed by atoms with E-state index >= 15 is 0 Å². The first-order chi connectivity index (χ1) is 13.4. The number of carbonyl (C=O) groups is 3. The lowest BCUT2D eigenvalue weighted by molar-refractivity contribution is -0.136. The second kappa shape index (κ2) is 9.91. The van der Waals surface area contributed by atoms with Crippen molar-refractivity contribution < 1.29 is 28.6 Å². The molecule has 0 fully saturated rings. The normalized spacial score (nSPS) is 10.4. The van der Waals surface area contributed by atoms with Gasteiger partial charge in [-0.05, 0) is 36.4 Å². The first-order valence-corrected chi connectivity index (χ1v) is 8.41. The number of Topliss-reactive ketones (excluding diaryl/α,β-unsaturated/α-hetero) is 1. The van der Waals surface area contributed by atoms with E-state index in [9.17, 15) is 14.4 Å². The van der Waals surface area contributed by atoms with Gasteiger partial charge in [0.1, 0.15) is 0 Å². The number of benzene rings is 2. The largest absolute Gasteiger partial charge is 0.493 e. The van der Waals surface area contributed by atoms with E-state index in [0.29, 0.717) is 28.3 Å². The van der Waals surface area contributed by atoms with Crippen LogP contribution in [0.4, 0.5) is 5.69 Å². The zero-order chi connectivity index (χ0) is 20.5. The predicted molar refractivity (Wildman–Crippen MR) is 105 cm³/mol. The highest BCUT2D eigenvalue weighted by Crippen LogP contribution is 2.31. The summed E-state index contributed by atoms with van der Waals surface area (Å²) < 4.78 is 15.5. The van der Waals surface area contributed by atoms with Gasteiger partial charge in [0.05, 0.1) is 14.2 Å². The van der Waals surface area contributed by atoms with Crippen LogP contribution in [0.15, 0.2) is 48.5 Å². The van der Waals surface area contributed by atoms with Crippen molar-refractivity contribution in [3.63, 3.8) is 0 Å². The lowest BCUT2D eigenvalue weighted by atomic mass is 10.1. The van der Waals surface area contributed by atoms with Crippen molar-refractivity contribution in [2.75, 3.05) is 26.1 Å². The van der Waals surface area contributed by atoms with Gasteiger partial charge in [0.2, 0.25) is 5.91 Å². The number of carbonyl (C=O) groups excluding carboxylic acids is 3. The minimum absolute atomic E-state index is 0.201. The number of methoxy groups -OCH3 is 2. The molecule has 0 radical (unpaired) electrons. The lowest BCUT2D eigenvalue weighted by Gasteiger charge is -2.09. The molecule has 1 N–H and O–H groups in total. The summed E-state index contributed by atoms with van der Waals surface area (Å²) in [6.07, 6.45) is 2.74. The molecule has 7 heteroatoms. The first kappa shape index (κ1) is 20.7. The zero-order valence-corrected chi connectivity index (χ0v) is 15.9. The number of esters is 1. The molecule has 0 bridgehead atoms. The van der Waals surface area contributed by atoms with Crippen LogP contribution in [0.3, 0.4) is 0 Å². The summed E-state index contributed by atoms with van der Waals surface area (Å²) in [5.74, 6) is -0.184. The quantitative estimate of drug-likeness (QED) is 0.428. The van der Waals surface area contributed by atoms with Crippen LogP contribution in [0.2, 0.25) is 0 Å². The first-order valence-electron chi connectivity index (χ1n) is 8.41. The number of nitrogens with one attached hydrogen (secondary N) is 1. The number of hydrogen-bond donors (Lipinski definition) is 1. The molecular weight excluding hydrogens is 362 g/mol. The van der Waals surface area contributed by atoms with Crippen molar-refractivity contribution >= 4 is 29.4 Å². The Bertz CT molecular complexity index is 886. The SMILES string of the molecule is COc1cccc(/C=C/C(=O)OCC(=O)c2ccc(NC(C)=O)cc2)c1OC. The van der Waals surface area contributed by atoms with Crippen LogP contribution in [0, 0.1) is 0 Å². The number of para-hydroxylation sites is 1. The minimum atomic E-state index is -0.659. The smallest absolute Gasteiger partial charge is 0.331 e. The molecule has 0 spiro atoms. The Balaban J connectivity index is 1.94. The second-order valence-electron chi connectivity index (χ2n) is 5.71. The maximum absolute atomic E-state index is 12.1. The molecule has 0 atom stereocenters. The van der Waals surface area contributed by atoms with Gasteiger partial charge in [-0.3, -0.25) is 9.59 Å². The van der Waals surface area contributed by atoms with Gasteiger partial charge in [-0.25, -0.2) is 4.79 Å². The molecule has 1 amide bonds. The van der Waals surface area contributed by atoms with Gasteiger partial charge in [0.25, 0.3) is 0 Å². The van der Waals surface area contributed by atoms with Crippen molar-refractivity contribution in [1.29, 1.82) is 0 Å². The molecule has 28 heavy (non-hydrogen) atoms. The highest BCUT2D eigenvalue weighted by Gasteiger charge is 2.10. The summed E-state index contributed by atoms with van der Waals surface area (Å²) in [6.45, 7) is 1.01. The molecule has 2 aromatic rings. The standard InChI is InChI=1S/C21H21NO6/c1-14(23)22-17-10-7-15(8-11-17)18(24)13-28-20(25)12-9-16-5-4-6-19(26-2)21(16)27-3/h4-12H,13H2,1-3H3,(H,22,23)/b12-9+. The molecule has 0 unspecified atom stereocenters. The fraction of sp³-hybridized carbons (Fsp3) is 0.190. The molecule has 2 rings (SSSR count). The lowest BCUT2D eigenvalue weighted by Crippen LogP contribution is -2.13. The van der Waals surface area contributed by atoms with Crippen LogP contribution in [-0.2, 0) is 14.3 Å². The van der Waals surface area contributed by atoms with E-state index in [2.05, 4.69) is 5.32 Å². The summed E-state index contributed by atoms with van der Waals surface area (Å²) in [7, 11) is 3.03. The number of amides is 1. The van der Waals surface area contributed by atoms with Gasteiger partial charge in [-0.15, -0.1) is 0 Å². The summed E-state index contributed by atoms with van der Waals surface area (Å²) in [5, 5.41) is 2.61. The fourth-order valence-corrected chi connectivity index (χ4v) is 2.41. The van der Waals surface area contributed by atoms with Crippen LogP contribution < -0.4 is 14.8 Å². The highest BCUT2D eigenvalue weighted by molar-refractivity contribution is 5.99. The third kappa shape index (κ3) is 5.70. The summed E-state index contributed by atoms with van der Waals surface area (Å²) in [4.78, 5) is 35.0. The van der Waals surface area contributed by atoms with Crippen LogP contribution in [0.25, 0.3) is 6.08 Å². The number of hydrogen-bond acceptors (Lipinski definition) is 6. The van der Waals surface area contributed by atoms with Crippen molar-refractivity contribution in [3.8, 4) is 11.5 Å². The summed E-state index contributed by atoms with van der Waals surface area (Å²) >= 11 is 0. The Morgan fingerprint density at radius 1 is 1.00 bits per heavy atom. The van der Waals surface area contributed by atoms with Crippen LogP contribution >= 0.6 is 0 Å². The molecule has 0 saturated heterocycles. The van der Waals surface area contributed by atoms with Gasteiger partial charge < -0.3 is 19.5 Å². The number of rotatable bonds is 8. The molecule has 2 aromatic carbocycles. The monoisotopic (exact) mass is 383 g/mol. The maximum Gasteiger partial charge on any atom is 0.331 e. The molecular formula is C21H21NO6. The van der Waals surface area contributed by atoms with Gasteiger partial charge >= 0.3 is 5.97 Å². The van der Waals surface area contributed by atoms with E-state index in [4.69, 9.17) is 14.2 Å². The van der Waals surface area contributed by atoms with E-state index in [1.54, 1.807) is 42.5 Å². The molecule has 0 aromatic heterocycles. The topological polar surface area (TPSA) is 90.9 Å². The Morgan fingerprint density at radius 2 is 1.71 bits per heavy atom. The van der Waals surface area contributed by atoms with Crippen molar-refractivity contribution in [2.45, 2.75) is 6.92 Å². The third-order valence-corrected chi connectivity index (χ3v) is 3.71. The Hall–Kier alpha value is -3.61. The molecule has 0 aliphatic rings.